The summed E-state index contributed by atoms with van der Waals surface area (Å²) >= 11 is 1.72. The molecule has 0 aliphatic rings. The van der Waals surface area contributed by atoms with Crippen molar-refractivity contribution in [3.63, 3.8) is 0 Å². The third-order valence-corrected chi connectivity index (χ3v) is 4.93. The summed E-state index contributed by atoms with van der Waals surface area (Å²) in [5.74, 6) is 1.48. The third-order valence-electron chi connectivity index (χ3n) is 3.85. The number of hydrogen-bond donors (Lipinski definition) is 1. The zero-order valence-corrected chi connectivity index (χ0v) is 15.0. The topological polar surface area (TPSA) is 68.0 Å². The molecule has 0 bridgehead atoms. The van der Waals surface area contributed by atoms with Gasteiger partial charge in [-0.2, -0.15) is 0 Å². The van der Waals surface area contributed by atoms with E-state index in [-0.39, 0.29) is 5.91 Å². The molecule has 0 spiro atoms. The number of pyridine rings is 1. The van der Waals surface area contributed by atoms with Gasteiger partial charge in [0.15, 0.2) is 0 Å². The van der Waals surface area contributed by atoms with Crippen LogP contribution in [0.15, 0.2) is 58.2 Å². The van der Waals surface area contributed by atoms with Crippen molar-refractivity contribution in [3.05, 3.63) is 76.9 Å². The minimum absolute atomic E-state index is 0.108. The molecule has 0 unspecified atom stereocenters. The van der Waals surface area contributed by atoms with Gasteiger partial charge >= 0.3 is 0 Å². The molecule has 2 heterocycles. The van der Waals surface area contributed by atoms with Crippen LogP contribution in [0.3, 0.4) is 0 Å². The Hall–Kier alpha value is -2.60. The molecule has 1 aromatic carbocycles. The fraction of sp³-hybridized carbons (Fsp3) is 0.211. The second-order valence-electron chi connectivity index (χ2n) is 5.66. The number of carbonyl (C=O) groups is 1. The molecule has 1 N–H and O–H groups in total. The summed E-state index contributed by atoms with van der Waals surface area (Å²) in [7, 11) is 0. The maximum Gasteiger partial charge on any atom is 0.251 e. The highest BCUT2D eigenvalue weighted by Crippen LogP contribution is 2.22. The first-order chi connectivity index (χ1) is 12.1. The van der Waals surface area contributed by atoms with Gasteiger partial charge in [-0.1, -0.05) is 11.2 Å². The monoisotopic (exact) mass is 353 g/mol. The van der Waals surface area contributed by atoms with Crippen molar-refractivity contribution >= 4 is 17.7 Å². The number of aromatic nitrogens is 2. The Labute approximate surface area is 150 Å². The van der Waals surface area contributed by atoms with E-state index in [9.17, 15) is 4.79 Å². The van der Waals surface area contributed by atoms with Gasteiger partial charge in [-0.3, -0.25) is 9.78 Å². The molecule has 0 saturated heterocycles. The number of nitrogens with one attached hydrogen (secondary N) is 1. The fourth-order valence-electron chi connectivity index (χ4n) is 2.38. The first-order valence-electron chi connectivity index (χ1n) is 7.95. The van der Waals surface area contributed by atoms with E-state index in [0.717, 1.165) is 27.7 Å². The second-order valence-corrected chi connectivity index (χ2v) is 6.71. The van der Waals surface area contributed by atoms with Crippen LogP contribution in [0.2, 0.25) is 0 Å². The van der Waals surface area contributed by atoms with Crippen LogP contribution in [-0.2, 0) is 12.3 Å². The largest absolute Gasteiger partial charge is 0.361 e. The van der Waals surface area contributed by atoms with Gasteiger partial charge in [0.2, 0.25) is 0 Å². The molecular formula is C19H19N3O2S. The van der Waals surface area contributed by atoms with Crippen molar-refractivity contribution in [1.82, 2.24) is 15.5 Å². The Morgan fingerprint density at radius 1 is 1.20 bits per heavy atom. The number of nitrogens with zero attached hydrogens (tertiary/aromatic N) is 2. The summed E-state index contributed by atoms with van der Waals surface area (Å²) < 4.78 is 5.10. The normalized spacial score (nSPS) is 10.6. The van der Waals surface area contributed by atoms with E-state index in [1.54, 1.807) is 18.0 Å². The van der Waals surface area contributed by atoms with Gasteiger partial charge < -0.3 is 9.84 Å². The summed E-state index contributed by atoms with van der Waals surface area (Å²) in [6.07, 6.45) is 3.63. The van der Waals surface area contributed by atoms with Gasteiger partial charge in [-0.15, -0.1) is 11.8 Å². The number of hydrogen-bond acceptors (Lipinski definition) is 5. The molecule has 0 saturated carbocycles. The predicted molar refractivity (Wildman–Crippen MR) is 97.4 cm³/mol. The predicted octanol–water partition coefficient (Wildman–Crippen LogP) is 3.91. The molecule has 3 aromatic rings. The smallest absolute Gasteiger partial charge is 0.251 e. The van der Waals surface area contributed by atoms with Crippen LogP contribution in [0.25, 0.3) is 0 Å². The lowest BCUT2D eigenvalue weighted by atomic mass is 10.2. The van der Waals surface area contributed by atoms with Crippen LogP contribution in [0.1, 0.15) is 32.9 Å². The van der Waals surface area contributed by atoms with Gasteiger partial charge in [-0.25, -0.2) is 0 Å². The van der Waals surface area contributed by atoms with E-state index in [0.29, 0.717) is 12.1 Å². The Kier molecular flexibility index (Phi) is 5.50. The maximum absolute atomic E-state index is 12.3. The molecular weight excluding hydrogens is 334 g/mol. The van der Waals surface area contributed by atoms with Crippen LogP contribution in [-0.4, -0.2) is 16.0 Å². The van der Waals surface area contributed by atoms with Crippen molar-refractivity contribution in [2.75, 3.05) is 0 Å². The van der Waals surface area contributed by atoms with E-state index in [1.165, 1.54) is 5.56 Å². The Balaban J connectivity index is 1.55. The molecule has 0 radical (unpaired) electrons. The van der Waals surface area contributed by atoms with Crippen LogP contribution < -0.4 is 5.32 Å². The zero-order valence-electron chi connectivity index (χ0n) is 14.2. The first kappa shape index (κ1) is 17.2. The van der Waals surface area contributed by atoms with Crippen molar-refractivity contribution in [2.45, 2.75) is 31.0 Å². The van der Waals surface area contributed by atoms with Gasteiger partial charge in [0.05, 0.1) is 5.69 Å². The molecule has 6 heteroatoms. The average Bonchev–Trinajstić information content (AvgIpc) is 2.97. The highest BCUT2D eigenvalue weighted by Gasteiger charge is 2.11. The second kappa shape index (κ2) is 7.98. The number of benzene rings is 1. The number of aryl methyl sites for hydroxylation is 2. The maximum atomic E-state index is 12.3. The highest BCUT2D eigenvalue weighted by atomic mass is 32.2. The summed E-state index contributed by atoms with van der Waals surface area (Å²) in [4.78, 5) is 17.5. The lowest BCUT2D eigenvalue weighted by molar-refractivity contribution is 0.0950. The van der Waals surface area contributed by atoms with Crippen LogP contribution in [0.4, 0.5) is 0 Å². The van der Waals surface area contributed by atoms with E-state index < -0.39 is 0 Å². The standard InChI is InChI=1S/C19H19N3O2S/c1-13-18(14(2)24-22-13)11-21-19(23)16-5-7-17(8-6-16)25-12-15-4-3-9-20-10-15/h3-10H,11-12H2,1-2H3,(H,21,23). The van der Waals surface area contributed by atoms with Gasteiger partial charge in [0.1, 0.15) is 5.76 Å². The minimum atomic E-state index is -0.108. The third kappa shape index (κ3) is 4.48. The Morgan fingerprint density at radius 2 is 2.00 bits per heavy atom. The summed E-state index contributed by atoms with van der Waals surface area (Å²) in [5, 5.41) is 6.80. The molecule has 5 nitrogen and oxygen atoms in total. The quantitative estimate of drug-likeness (QED) is 0.681. The minimum Gasteiger partial charge on any atom is -0.361 e. The van der Waals surface area contributed by atoms with Crippen molar-refractivity contribution < 1.29 is 9.32 Å². The molecule has 2 aromatic heterocycles. The van der Waals surface area contributed by atoms with Crippen LogP contribution >= 0.6 is 11.8 Å². The van der Waals surface area contributed by atoms with Gasteiger partial charge in [0, 0.05) is 40.7 Å². The number of carbonyl (C=O) groups excluding carboxylic acids is 1. The number of thioether (sulfide) groups is 1. The van der Waals surface area contributed by atoms with Crippen LogP contribution in [0, 0.1) is 13.8 Å². The summed E-state index contributed by atoms with van der Waals surface area (Å²) in [6.45, 7) is 4.12. The molecule has 1 amide bonds. The van der Waals surface area contributed by atoms with Gasteiger partial charge in [-0.05, 0) is 49.7 Å². The van der Waals surface area contributed by atoms with Crippen molar-refractivity contribution in [3.8, 4) is 0 Å². The molecule has 3 rings (SSSR count). The van der Waals surface area contributed by atoms with Crippen molar-refractivity contribution in [2.24, 2.45) is 0 Å². The van der Waals surface area contributed by atoms with Crippen LogP contribution in [0.5, 0.6) is 0 Å². The molecule has 0 aliphatic heterocycles. The van der Waals surface area contributed by atoms with E-state index in [1.807, 2.05) is 50.4 Å². The SMILES string of the molecule is Cc1noc(C)c1CNC(=O)c1ccc(SCc2cccnc2)cc1. The first-order valence-corrected chi connectivity index (χ1v) is 8.94. The molecule has 0 aliphatic carbocycles. The molecule has 128 valence electrons. The molecule has 0 atom stereocenters. The lowest BCUT2D eigenvalue weighted by Crippen LogP contribution is -2.23. The molecule has 25 heavy (non-hydrogen) atoms. The van der Waals surface area contributed by atoms with E-state index in [4.69, 9.17) is 4.52 Å². The fourth-order valence-corrected chi connectivity index (χ4v) is 3.21. The Morgan fingerprint density at radius 3 is 2.64 bits per heavy atom. The number of amides is 1. The average molecular weight is 353 g/mol. The van der Waals surface area contributed by atoms with Crippen molar-refractivity contribution in [1.29, 1.82) is 0 Å². The Bertz CT molecular complexity index is 825. The summed E-state index contributed by atoms with van der Waals surface area (Å²) in [5.41, 5.74) is 3.54. The summed E-state index contributed by atoms with van der Waals surface area (Å²) in [6, 6.07) is 11.6. The molecule has 0 fully saturated rings. The highest BCUT2D eigenvalue weighted by molar-refractivity contribution is 7.98. The number of rotatable bonds is 6. The van der Waals surface area contributed by atoms with E-state index in [2.05, 4.69) is 21.5 Å². The lowest BCUT2D eigenvalue weighted by Gasteiger charge is -2.06. The zero-order chi connectivity index (χ0) is 17.6. The van der Waals surface area contributed by atoms with Gasteiger partial charge in [0.25, 0.3) is 5.91 Å². The van der Waals surface area contributed by atoms with E-state index >= 15 is 0 Å².